The van der Waals surface area contributed by atoms with E-state index in [2.05, 4.69) is 50.1 Å². The molecule has 0 spiro atoms. The van der Waals surface area contributed by atoms with Gasteiger partial charge in [-0.3, -0.25) is 14.7 Å². The number of benzene rings is 1. The van der Waals surface area contributed by atoms with Crippen molar-refractivity contribution in [2.45, 2.75) is 83.6 Å². The number of carbonyl (C=O) groups excluding carboxylic acids is 1. The standard InChI is InChI=1S/C25H41N5O2.HI/c1-18(2)28-24(32)21-5-4-6-22(15-21)29-25(26-3)27-16-19-7-9-20(10-8-19)17-30-13-11-23(31)12-14-30;/h7-10,18,21-23,31H,4-6,11-17H2,1-3H3,(H,28,32)(H2,26,27,29);1H. The van der Waals surface area contributed by atoms with Gasteiger partial charge < -0.3 is 21.1 Å². The molecule has 1 aliphatic heterocycles. The van der Waals surface area contributed by atoms with E-state index in [9.17, 15) is 9.90 Å². The Hall–Kier alpha value is -1.39. The van der Waals surface area contributed by atoms with E-state index >= 15 is 0 Å². The molecule has 8 heteroatoms. The van der Waals surface area contributed by atoms with Crippen LogP contribution in [0.3, 0.4) is 0 Å². The molecule has 1 aromatic rings. The monoisotopic (exact) mass is 571 g/mol. The molecular formula is C25H42IN5O2. The molecule has 1 saturated heterocycles. The molecule has 1 amide bonds. The third-order valence-electron chi connectivity index (χ3n) is 6.49. The summed E-state index contributed by atoms with van der Waals surface area (Å²) in [6.45, 7) is 7.60. The van der Waals surface area contributed by atoms with E-state index in [4.69, 9.17) is 0 Å². The van der Waals surface area contributed by atoms with E-state index in [-0.39, 0.29) is 54.0 Å². The molecule has 2 fully saturated rings. The molecule has 1 aromatic carbocycles. The fraction of sp³-hybridized carbons (Fsp3) is 0.680. The zero-order valence-electron chi connectivity index (χ0n) is 20.3. The Labute approximate surface area is 216 Å². The normalized spacial score (nSPS) is 22.5. The second-order valence-corrected chi connectivity index (χ2v) is 9.62. The second kappa shape index (κ2) is 14.1. The summed E-state index contributed by atoms with van der Waals surface area (Å²) in [5.41, 5.74) is 2.52. The zero-order valence-corrected chi connectivity index (χ0v) is 22.7. The fourth-order valence-electron chi connectivity index (χ4n) is 4.63. The molecule has 1 aliphatic carbocycles. The lowest BCUT2D eigenvalue weighted by molar-refractivity contribution is -0.126. The number of nitrogens with zero attached hydrogens (tertiary/aromatic N) is 2. The molecule has 1 heterocycles. The van der Waals surface area contributed by atoms with Gasteiger partial charge in [-0.15, -0.1) is 24.0 Å². The average molecular weight is 572 g/mol. The van der Waals surface area contributed by atoms with Crippen LogP contribution < -0.4 is 16.0 Å². The van der Waals surface area contributed by atoms with Crippen LogP contribution in [0.2, 0.25) is 0 Å². The Kier molecular flexibility index (Phi) is 11.9. The number of hydrogen-bond acceptors (Lipinski definition) is 4. The topological polar surface area (TPSA) is 89.0 Å². The number of piperidine rings is 1. The van der Waals surface area contributed by atoms with Gasteiger partial charge in [0.25, 0.3) is 0 Å². The Bertz CT molecular complexity index is 748. The van der Waals surface area contributed by atoms with Gasteiger partial charge in [0.2, 0.25) is 5.91 Å². The summed E-state index contributed by atoms with van der Waals surface area (Å²) in [5, 5.41) is 19.6. The van der Waals surface area contributed by atoms with Gasteiger partial charge in [-0.25, -0.2) is 0 Å². The number of aliphatic imine (C=N–C) groups is 1. The maximum absolute atomic E-state index is 12.4. The number of carbonyl (C=O) groups is 1. The van der Waals surface area contributed by atoms with Crippen LogP contribution in [0.4, 0.5) is 0 Å². The summed E-state index contributed by atoms with van der Waals surface area (Å²) in [5.74, 6) is 1.05. The minimum absolute atomic E-state index is 0. The number of aliphatic hydroxyl groups is 1. The maximum Gasteiger partial charge on any atom is 0.223 e. The third-order valence-corrected chi connectivity index (χ3v) is 6.49. The van der Waals surface area contributed by atoms with Crippen LogP contribution in [-0.4, -0.2) is 60.2 Å². The minimum Gasteiger partial charge on any atom is -0.393 e. The van der Waals surface area contributed by atoms with E-state index in [1.807, 2.05) is 13.8 Å². The first-order valence-electron chi connectivity index (χ1n) is 12.2. The van der Waals surface area contributed by atoms with Crippen molar-refractivity contribution in [3.8, 4) is 0 Å². The molecule has 2 unspecified atom stereocenters. The van der Waals surface area contributed by atoms with Gasteiger partial charge in [0.1, 0.15) is 0 Å². The summed E-state index contributed by atoms with van der Waals surface area (Å²) in [7, 11) is 1.79. The molecule has 186 valence electrons. The molecule has 0 radical (unpaired) electrons. The van der Waals surface area contributed by atoms with Crippen molar-refractivity contribution in [2.24, 2.45) is 10.9 Å². The highest BCUT2D eigenvalue weighted by molar-refractivity contribution is 14.0. The van der Waals surface area contributed by atoms with Crippen molar-refractivity contribution < 1.29 is 9.90 Å². The van der Waals surface area contributed by atoms with E-state index < -0.39 is 0 Å². The summed E-state index contributed by atoms with van der Waals surface area (Å²) in [6.07, 6.45) is 5.56. The van der Waals surface area contributed by atoms with Crippen molar-refractivity contribution in [3.63, 3.8) is 0 Å². The van der Waals surface area contributed by atoms with Crippen LogP contribution in [0.25, 0.3) is 0 Å². The van der Waals surface area contributed by atoms with E-state index in [1.165, 1.54) is 11.1 Å². The van der Waals surface area contributed by atoms with Crippen LogP contribution in [0, 0.1) is 5.92 Å². The molecule has 33 heavy (non-hydrogen) atoms. The average Bonchev–Trinajstić information content (AvgIpc) is 2.79. The molecule has 0 bridgehead atoms. The number of rotatable bonds is 7. The molecule has 4 N–H and O–H groups in total. The smallest absolute Gasteiger partial charge is 0.223 e. The maximum atomic E-state index is 12.4. The summed E-state index contributed by atoms with van der Waals surface area (Å²) < 4.78 is 0. The Morgan fingerprint density at radius 1 is 1.12 bits per heavy atom. The number of likely N-dealkylation sites (tertiary alicyclic amines) is 1. The first-order valence-corrected chi connectivity index (χ1v) is 12.2. The van der Waals surface area contributed by atoms with E-state index in [0.717, 1.165) is 64.1 Å². The lowest BCUT2D eigenvalue weighted by Crippen LogP contribution is -2.47. The highest BCUT2D eigenvalue weighted by Crippen LogP contribution is 2.24. The number of guanidine groups is 1. The lowest BCUT2D eigenvalue weighted by atomic mass is 9.85. The fourth-order valence-corrected chi connectivity index (χ4v) is 4.63. The van der Waals surface area contributed by atoms with Gasteiger partial charge in [0.05, 0.1) is 6.10 Å². The van der Waals surface area contributed by atoms with Gasteiger partial charge in [0, 0.05) is 51.2 Å². The number of nitrogens with one attached hydrogen (secondary N) is 3. The van der Waals surface area contributed by atoms with Gasteiger partial charge in [-0.05, 0) is 57.1 Å². The number of amides is 1. The van der Waals surface area contributed by atoms with Gasteiger partial charge in [-0.1, -0.05) is 30.7 Å². The third kappa shape index (κ3) is 9.41. The first kappa shape index (κ1) is 27.9. The molecule has 2 aliphatic rings. The SMILES string of the molecule is CN=C(NCc1ccc(CN2CCC(O)CC2)cc1)NC1CCCC(C(=O)NC(C)C)C1.I. The number of aliphatic hydroxyl groups excluding tert-OH is 1. The van der Waals surface area contributed by atoms with Gasteiger partial charge >= 0.3 is 0 Å². The molecule has 1 saturated carbocycles. The van der Waals surface area contributed by atoms with Gasteiger partial charge in [0.15, 0.2) is 5.96 Å². The van der Waals surface area contributed by atoms with Crippen molar-refractivity contribution in [1.29, 1.82) is 0 Å². The summed E-state index contributed by atoms with van der Waals surface area (Å²) in [4.78, 5) is 19.2. The number of halogens is 1. The van der Waals surface area contributed by atoms with Crippen LogP contribution in [0.5, 0.6) is 0 Å². The van der Waals surface area contributed by atoms with Crippen LogP contribution in [0.15, 0.2) is 29.3 Å². The second-order valence-electron chi connectivity index (χ2n) is 9.62. The van der Waals surface area contributed by atoms with Crippen molar-refractivity contribution in [3.05, 3.63) is 35.4 Å². The highest BCUT2D eigenvalue weighted by atomic mass is 127. The van der Waals surface area contributed by atoms with Crippen molar-refractivity contribution in [1.82, 2.24) is 20.9 Å². The molecule has 2 atom stereocenters. The zero-order chi connectivity index (χ0) is 22.9. The van der Waals surface area contributed by atoms with E-state index in [0.29, 0.717) is 6.54 Å². The lowest BCUT2D eigenvalue weighted by Gasteiger charge is -2.30. The molecule has 0 aromatic heterocycles. The largest absolute Gasteiger partial charge is 0.393 e. The number of hydrogen-bond donors (Lipinski definition) is 4. The predicted octanol–water partition coefficient (Wildman–Crippen LogP) is 3.01. The van der Waals surface area contributed by atoms with Gasteiger partial charge in [-0.2, -0.15) is 0 Å². The first-order chi connectivity index (χ1) is 15.4. The molecular weight excluding hydrogens is 529 g/mol. The highest BCUT2D eigenvalue weighted by Gasteiger charge is 2.28. The van der Waals surface area contributed by atoms with Crippen molar-refractivity contribution >= 4 is 35.8 Å². The van der Waals surface area contributed by atoms with E-state index in [1.54, 1.807) is 7.05 Å². The summed E-state index contributed by atoms with van der Waals surface area (Å²) >= 11 is 0. The molecule has 3 rings (SSSR count). The predicted molar refractivity (Wildman–Crippen MR) is 145 cm³/mol. The summed E-state index contributed by atoms with van der Waals surface area (Å²) in [6, 6.07) is 9.17. The molecule has 7 nitrogen and oxygen atoms in total. The quantitative estimate of drug-likeness (QED) is 0.230. The Morgan fingerprint density at radius 3 is 2.42 bits per heavy atom. The van der Waals surface area contributed by atoms with Crippen LogP contribution >= 0.6 is 24.0 Å². The minimum atomic E-state index is -0.126. The Morgan fingerprint density at radius 2 is 1.79 bits per heavy atom. The van der Waals surface area contributed by atoms with Crippen LogP contribution in [0.1, 0.15) is 63.5 Å². The van der Waals surface area contributed by atoms with Crippen LogP contribution in [-0.2, 0) is 17.9 Å². The Balaban J connectivity index is 0.00000385. The van der Waals surface area contributed by atoms with Crippen molar-refractivity contribution in [2.75, 3.05) is 20.1 Å².